The van der Waals surface area contributed by atoms with Crippen LogP contribution in [0.25, 0.3) is 0 Å². The molecule has 0 unspecified atom stereocenters. The van der Waals surface area contributed by atoms with Gasteiger partial charge in [-0.25, -0.2) is 9.97 Å². The van der Waals surface area contributed by atoms with Crippen molar-refractivity contribution < 1.29 is 0 Å². The van der Waals surface area contributed by atoms with Gasteiger partial charge in [-0.1, -0.05) is 0 Å². The van der Waals surface area contributed by atoms with Crippen LogP contribution in [-0.4, -0.2) is 32.8 Å². The van der Waals surface area contributed by atoms with Crippen LogP contribution < -0.4 is 4.90 Å². The summed E-state index contributed by atoms with van der Waals surface area (Å²) < 4.78 is 2.08. The summed E-state index contributed by atoms with van der Waals surface area (Å²) in [5.41, 5.74) is 1.04. The molecular formula is C14H19N5. The topological polar surface area (TPSA) is 46.8 Å². The lowest BCUT2D eigenvalue weighted by Crippen LogP contribution is -2.35. The highest BCUT2D eigenvalue weighted by Crippen LogP contribution is 2.25. The van der Waals surface area contributed by atoms with Crippen LogP contribution in [0.2, 0.25) is 0 Å². The van der Waals surface area contributed by atoms with E-state index < -0.39 is 0 Å². The third-order valence-corrected chi connectivity index (χ3v) is 3.64. The van der Waals surface area contributed by atoms with Crippen molar-refractivity contribution in [1.29, 1.82) is 0 Å². The van der Waals surface area contributed by atoms with E-state index in [1.807, 2.05) is 26.1 Å². The second-order valence-electron chi connectivity index (χ2n) is 5.12. The van der Waals surface area contributed by atoms with Crippen LogP contribution in [0.3, 0.4) is 0 Å². The standard InChI is InChI=1S/C14H19N5/c1-11-10-14(17-12(2)16-11)18-8-4-13(5-9-18)19-7-3-6-15-19/h3,6-7,10,13H,4-5,8-9H2,1-2H3. The van der Waals surface area contributed by atoms with Crippen molar-refractivity contribution in [3.8, 4) is 0 Å². The van der Waals surface area contributed by atoms with Gasteiger partial charge in [-0.05, 0) is 32.8 Å². The molecule has 2 aromatic heterocycles. The van der Waals surface area contributed by atoms with Crippen LogP contribution >= 0.6 is 0 Å². The normalized spacial score (nSPS) is 16.8. The number of nitrogens with zero attached hydrogens (tertiary/aromatic N) is 5. The highest BCUT2D eigenvalue weighted by molar-refractivity contribution is 5.40. The zero-order valence-electron chi connectivity index (χ0n) is 11.5. The second-order valence-corrected chi connectivity index (χ2v) is 5.12. The summed E-state index contributed by atoms with van der Waals surface area (Å²) in [6.07, 6.45) is 6.14. The Hall–Kier alpha value is -1.91. The summed E-state index contributed by atoms with van der Waals surface area (Å²) in [6, 6.07) is 4.58. The Labute approximate surface area is 113 Å². The van der Waals surface area contributed by atoms with Gasteiger partial charge in [0, 0.05) is 37.2 Å². The first kappa shape index (κ1) is 12.1. The van der Waals surface area contributed by atoms with Gasteiger partial charge in [-0.15, -0.1) is 0 Å². The predicted octanol–water partition coefficient (Wildman–Crippen LogP) is 2.13. The lowest BCUT2D eigenvalue weighted by atomic mass is 10.1. The van der Waals surface area contributed by atoms with E-state index in [0.29, 0.717) is 6.04 Å². The van der Waals surface area contributed by atoms with Crippen LogP contribution in [0.4, 0.5) is 5.82 Å². The molecule has 1 saturated heterocycles. The Bertz CT molecular complexity index is 521. The van der Waals surface area contributed by atoms with Gasteiger partial charge in [0.2, 0.25) is 0 Å². The summed E-state index contributed by atoms with van der Waals surface area (Å²) in [4.78, 5) is 11.2. The number of hydrogen-bond donors (Lipinski definition) is 0. The van der Waals surface area contributed by atoms with E-state index in [1.54, 1.807) is 0 Å². The molecule has 0 aliphatic carbocycles. The molecule has 1 fully saturated rings. The van der Waals surface area contributed by atoms with Gasteiger partial charge in [0.15, 0.2) is 0 Å². The van der Waals surface area contributed by atoms with Gasteiger partial charge in [0.25, 0.3) is 0 Å². The first-order valence-electron chi connectivity index (χ1n) is 6.79. The summed E-state index contributed by atoms with van der Waals surface area (Å²) in [5, 5.41) is 4.34. The number of rotatable bonds is 2. The minimum absolute atomic E-state index is 0.523. The first-order valence-corrected chi connectivity index (χ1v) is 6.79. The molecule has 2 aromatic rings. The van der Waals surface area contributed by atoms with Gasteiger partial charge in [0.1, 0.15) is 11.6 Å². The van der Waals surface area contributed by atoms with Crippen LogP contribution in [0.1, 0.15) is 30.4 Å². The zero-order valence-corrected chi connectivity index (χ0v) is 11.5. The molecule has 5 nitrogen and oxygen atoms in total. The van der Waals surface area contributed by atoms with Crippen molar-refractivity contribution in [3.05, 3.63) is 36.0 Å². The fraction of sp³-hybridized carbons (Fsp3) is 0.500. The maximum Gasteiger partial charge on any atom is 0.132 e. The molecular weight excluding hydrogens is 238 g/mol. The van der Waals surface area contributed by atoms with Crippen molar-refractivity contribution in [2.24, 2.45) is 0 Å². The lowest BCUT2D eigenvalue weighted by Gasteiger charge is -2.33. The molecule has 100 valence electrons. The van der Waals surface area contributed by atoms with Crippen molar-refractivity contribution in [3.63, 3.8) is 0 Å². The highest BCUT2D eigenvalue weighted by Gasteiger charge is 2.21. The molecule has 0 spiro atoms. The molecule has 5 heteroatoms. The van der Waals surface area contributed by atoms with Crippen LogP contribution in [0, 0.1) is 13.8 Å². The van der Waals surface area contributed by atoms with E-state index in [-0.39, 0.29) is 0 Å². The van der Waals surface area contributed by atoms with E-state index in [0.717, 1.165) is 43.3 Å². The largest absolute Gasteiger partial charge is 0.356 e. The molecule has 0 amide bonds. The third kappa shape index (κ3) is 2.59. The highest BCUT2D eigenvalue weighted by atomic mass is 15.3. The molecule has 1 aliphatic rings. The minimum Gasteiger partial charge on any atom is -0.356 e. The first-order chi connectivity index (χ1) is 9.22. The number of hydrogen-bond acceptors (Lipinski definition) is 4. The Morgan fingerprint density at radius 1 is 1.16 bits per heavy atom. The van der Waals surface area contributed by atoms with Gasteiger partial charge in [-0.2, -0.15) is 5.10 Å². The molecule has 3 rings (SSSR count). The number of anilines is 1. The SMILES string of the molecule is Cc1cc(N2CCC(n3cccn3)CC2)nc(C)n1. The maximum absolute atomic E-state index is 4.54. The van der Waals surface area contributed by atoms with E-state index in [4.69, 9.17) is 0 Å². The third-order valence-electron chi connectivity index (χ3n) is 3.64. The van der Waals surface area contributed by atoms with E-state index in [2.05, 4.69) is 36.9 Å². The molecule has 0 saturated carbocycles. The Morgan fingerprint density at radius 2 is 1.95 bits per heavy atom. The van der Waals surface area contributed by atoms with Crippen LogP contribution in [0.15, 0.2) is 24.5 Å². The average molecular weight is 257 g/mol. The maximum atomic E-state index is 4.54. The van der Waals surface area contributed by atoms with Gasteiger partial charge in [0.05, 0.1) is 6.04 Å². The van der Waals surface area contributed by atoms with Gasteiger partial charge >= 0.3 is 0 Å². The Kier molecular flexibility index (Phi) is 3.19. The predicted molar refractivity (Wildman–Crippen MR) is 74.2 cm³/mol. The number of piperidine rings is 1. The molecule has 0 N–H and O–H groups in total. The van der Waals surface area contributed by atoms with E-state index in [9.17, 15) is 0 Å². The Morgan fingerprint density at radius 3 is 2.58 bits per heavy atom. The minimum atomic E-state index is 0.523. The molecule has 19 heavy (non-hydrogen) atoms. The average Bonchev–Trinajstić information content (AvgIpc) is 2.91. The molecule has 0 aromatic carbocycles. The van der Waals surface area contributed by atoms with Gasteiger partial charge in [-0.3, -0.25) is 4.68 Å². The van der Waals surface area contributed by atoms with Crippen LogP contribution in [-0.2, 0) is 0 Å². The van der Waals surface area contributed by atoms with Gasteiger partial charge < -0.3 is 4.90 Å². The van der Waals surface area contributed by atoms with Crippen molar-refractivity contribution >= 4 is 5.82 Å². The molecule has 0 bridgehead atoms. The number of aromatic nitrogens is 4. The van der Waals surface area contributed by atoms with Crippen molar-refractivity contribution in [1.82, 2.24) is 19.7 Å². The van der Waals surface area contributed by atoms with E-state index in [1.165, 1.54) is 0 Å². The van der Waals surface area contributed by atoms with E-state index >= 15 is 0 Å². The van der Waals surface area contributed by atoms with Crippen molar-refractivity contribution in [2.75, 3.05) is 18.0 Å². The quantitative estimate of drug-likeness (QED) is 0.827. The Balaban J connectivity index is 1.70. The monoisotopic (exact) mass is 257 g/mol. The van der Waals surface area contributed by atoms with Crippen molar-refractivity contribution in [2.45, 2.75) is 32.7 Å². The van der Waals surface area contributed by atoms with Crippen LogP contribution in [0.5, 0.6) is 0 Å². The summed E-state index contributed by atoms with van der Waals surface area (Å²) in [7, 11) is 0. The smallest absolute Gasteiger partial charge is 0.132 e. The molecule has 3 heterocycles. The molecule has 1 aliphatic heterocycles. The fourth-order valence-corrected chi connectivity index (χ4v) is 2.72. The molecule has 0 radical (unpaired) electrons. The molecule has 0 atom stereocenters. The summed E-state index contributed by atoms with van der Waals surface area (Å²) in [6.45, 7) is 6.03. The summed E-state index contributed by atoms with van der Waals surface area (Å²) in [5.74, 6) is 1.91. The second kappa shape index (κ2) is 4.99. The fourth-order valence-electron chi connectivity index (χ4n) is 2.72. The number of aryl methyl sites for hydroxylation is 2. The zero-order chi connectivity index (χ0) is 13.2. The summed E-state index contributed by atoms with van der Waals surface area (Å²) >= 11 is 0. The lowest BCUT2D eigenvalue weighted by molar-refractivity contribution is 0.366.